The van der Waals surface area contributed by atoms with Crippen molar-refractivity contribution in [2.24, 2.45) is 5.41 Å². The van der Waals surface area contributed by atoms with Gasteiger partial charge in [-0.1, -0.05) is 26.8 Å². The highest BCUT2D eigenvalue weighted by Gasteiger charge is 2.28. The summed E-state index contributed by atoms with van der Waals surface area (Å²) in [5.74, 6) is 0.0448. The molecule has 23 heavy (non-hydrogen) atoms. The van der Waals surface area contributed by atoms with E-state index >= 15 is 0 Å². The van der Waals surface area contributed by atoms with Crippen LogP contribution >= 0.6 is 0 Å². The lowest BCUT2D eigenvalue weighted by molar-refractivity contribution is -0.117. The molecule has 1 aliphatic rings. The van der Waals surface area contributed by atoms with Gasteiger partial charge in [-0.25, -0.2) is 0 Å². The first-order valence-corrected chi connectivity index (χ1v) is 8.30. The van der Waals surface area contributed by atoms with E-state index in [0.29, 0.717) is 12.0 Å². The second-order valence-electron chi connectivity index (χ2n) is 8.27. The Hall–Kier alpha value is -1.84. The standard InChI is InChI=1S/C19H28N2O2/c1-18(2,3)13-19(4,5)20-17(23)14-8-6-9-15(12-14)21-11-7-10-16(21)22/h6,8-9,12H,7,10-11,13H2,1-5H3,(H,20,23). The molecule has 0 spiro atoms. The van der Waals surface area contributed by atoms with Gasteiger partial charge in [-0.05, 0) is 50.3 Å². The number of anilines is 1. The Bertz CT molecular complexity index is 600. The fourth-order valence-corrected chi connectivity index (χ4v) is 3.49. The van der Waals surface area contributed by atoms with Crippen LogP contribution in [0.25, 0.3) is 0 Å². The smallest absolute Gasteiger partial charge is 0.251 e. The maximum absolute atomic E-state index is 12.6. The minimum Gasteiger partial charge on any atom is -0.347 e. The first-order chi connectivity index (χ1) is 10.6. The summed E-state index contributed by atoms with van der Waals surface area (Å²) >= 11 is 0. The van der Waals surface area contributed by atoms with Crippen molar-refractivity contribution in [3.8, 4) is 0 Å². The summed E-state index contributed by atoms with van der Waals surface area (Å²) in [6, 6.07) is 7.34. The Morgan fingerprint density at radius 3 is 2.48 bits per heavy atom. The average molecular weight is 316 g/mol. The molecule has 1 aliphatic heterocycles. The lowest BCUT2D eigenvalue weighted by Crippen LogP contribution is -2.45. The van der Waals surface area contributed by atoms with Crippen LogP contribution in [-0.4, -0.2) is 23.9 Å². The summed E-state index contributed by atoms with van der Waals surface area (Å²) in [6.45, 7) is 11.3. The molecule has 4 nitrogen and oxygen atoms in total. The van der Waals surface area contributed by atoms with Crippen molar-refractivity contribution < 1.29 is 9.59 Å². The molecule has 1 fully saturated rings. The largest absolute Gasteiger partial charge is 0.347 e. The molecule has 1 saturated heterocycles. The lowest BCUT2D eigenvalue weighted by Gasteiger charge is -2.33. The number of hydrogen-bond donors (Lipinski definition) is 1. The van der Waals surface area contributed by atoms with Gasteiger partial charge in [0, 0.05) is 29.8 Å². The number of nitrogens with one attached hydrogen (secondary N) is 1. The Labute approximate surface area is 139 Å². The number of amides is 2. The summed E-state index contributed by atoms with van der Waals surface area (Å²) in [4.78, 5) is 26.2. The lowest BCUT2D eigenvalue weighted by atomic mass is 9.81. The van der Waals surface area contributed by atoms with Crippen LogP contribution in [0.2, 0.25) is 0 Å². The van der Waals surface area contributed by atoms with E-state index in [-0.39, 0.29) is 22.8 Å². The molecular weight excluding hydrogens is 288 g/mol. The molecule has 0 atom stereocenters. The van der Waals surface area contributed by atoms with Gasteiger partial charge >= 0.3 is 0 Å². The van der Waals surface area contributed by atoms with Crippen molar-refractivity contribution in [3.63, 3.8) is 0 Å². The molecule has 126 valence electrons. The minimum absolute atomic E-state index is 0.0901. The van der Waals surface area contributed by atoms with Crippen LogP contribution in [0, 0.1) is 5.41 Å². The van der Waals surface area contributed by atoms with E-state index in [1.54, 1.807) is 11.0 Å². The summed E-state index contributed by atoms with van der Waals surface area (Å²) in [7, 11) is 0. The zero-order valence-electron chi connectivity index (χ0n) is 14.9. The zero-order valence-corrected chi connectivity index (χ0v) is 14.9. The molecule has 2 amide bonds. The van der Waals surface area contributed by atoms with Crippen molar-refractivity contribution in [1.29, 1.82) is 0 Å². The van der Waals surface area contributed by atoms with Crippen LogP contribution in [0.3, 0.4) is 0 Å². The molecule has 1 heterocycles. The number of carbonyl (C=O) groups excluding carboxylic acids is 2. The van der Waals surface area contributed by atoms with Gasteiger partial charge in [0.25, 0.3) is 5.91 Å². The Balaban J connectivity index is 2.12. The molecule has 2 rings (SSSR count). The van der Waals surface area contributed by atoms with Gasteiger partial charge < -0.3 is 10.2 Å². The summed E-state index contributed by atoms with van der Waals surface area (Å²) in [5, 5.41) is 3.12. The van der Waals surface area contributed by atoms with Crippen LogP contribution in [0.1, 0.15) is 64.2 Å². The maximum atomic E-state index is 12.6. The Kier molecular flexibility index (Phi) is 4.83. The predicted molar refractivity (Wildman–Crippen MR) is 93.6 cm³/mol. The van der Waals surface area contributed by atoms with E-state index in [4.69, 9.17) is 0 Å². The highest BCUT2D eigenvalue weighted by atomic mass is 16.2. The molecule has 1 N–H and O–H groups in total. The fourth-order valence-electron chi connectivity index (χ4n) is 3.49. The van der Waals surface area contributed by atoms with Crippen LogP contribution in [-0.2, 0) is 4.79 Å². The third-order valence-corrected chi connectivity index (χ3v) is 3.92. The van der Waals surface area contributed by atoms with Crippen LogP contribution in [0.4, 0.5) is 5.69 Å². The maximum Gasteiger partial charge on any atom is 0.251 e. The van der Waals surface area contributed by atoms with E-state index in [9.17, 15) is 9.59 Å². The Morgan fingerprint density at radius 1 is 1.22 bits per heavy atom. The van der Waals surface area contributed by atoms with Crippen molar-refractivity contribution in [3.05, 3.63) is 29.8 Å². The molecule has 0 aliphatic carbocycles. The molecule has 0 aromatic heterocycles. The number of nitrogens with zero attached hydrogens (tertiary/aromatic N) is 1. The SMILES string of the molecule is CC(C)(C)CC(C)(C)NC(=O)c1cccc(N2CCCC2=O)c1. The van der Waals surface area contributed by atoms with Crippen molar-refractivity contribution in [2.75, 3.05) is 11.4 Å². The van der Waals surface area contributed by atoms with Gasteiger partial charge in [0.05, 0.1) is 0 Å². The third kappa shape index (κ3) is 4.81. The highest BCUT2D eigenvalue weighted by Crippen LogP contribution is 2.27. The molecule has 0 unspecified atom stereocenters. The van der Waals surface area contributed by atoms with E-state index in [2.05, 4.69) is 26.1 Å². The highest BCUT2D eigenvalue weighted by molar-refractivity contribution is 5.99. The van der Waals surface area contributed by atoms with Gasteiger partial charge in [0.1, 0.15) is 0 Å². The van der Waals surface area contributed by atoms with E-state index < -0.39 is 0 Å². The summed E-state index contributed by atoms with van der Waals surface area (Å²) in [5.41, 5.74) is 1.27. The first-order valence-electron chi connectivity index (χ1n) is 8.30. The summed E-state index contributed by atoms with van der Waals surface area (Å²) in [6.07, 6.45) is 2.36. The first kappa shape index (κ1) is 17.5. The monoisotopic (exact) mass is 316 g/mol. The van der Waals surface area contributed by atoms with Crippen molar-refractivity contribution in [2.45, 2.75) is 59.4 Å². The third-order valence-electron chi connectivity index (χ3n) is 3.92. The number of benzene rings is 1. The number of rotatable bonds is 4. The van der Waals surface area contributed by atoms with Gasteiger partial charge in [-0.2, -0.15) is 0 Å². The summed E-state index contributed by atoms with van der Waals surface area (Å²) < 4.78 is 0. The van der Waals surface area contributed by atoms with E-state index in [1.165, 1.54) is 0 Å². The van der Waals surface area contributed by atoms with E-state index in [1.807, 2.05) is 32.0 Å². The van der Waals surface area contributed by atoms with Crippen LogP contribution < -0.4 is 10.2 Å². The molecular formula is C19H28N2O2. The predicted octanol–water partition coefficient (Wildman–Crippen LogP) is 3.76. The molecule has 0 bridgehead atoms. The number of carbonyl (C=O) groups is 2. The molecule has 4 heteroatoms. The van der Waals surface area contributed by atoms with Gasteiger partial charge in [-0.3, -0.25) is 9.59 Å². The normalized spacial score (nSPS) is 15.9. The Morgan fingerprint density at radius 2 is 1.91 bits per heavy atom. The van der Waals surface area contributed by atoms with Crippen LogP contribution in [0.5, 0.6) is 0 Å². The molecule has 1 aromatic rings. The van der Waals surface area contributed by atoms with Crippen molar-refractivity contribution >= 4 is 17.5 Å². The fraction of sp³-hybridized carbons (Fsp3) is 0.579. The minimum atomic E-state index is -0.283. The zero-order chi connectivity index (χ0) is 17.3. The second-order valence-corrected chi connectivity index (χ2v) is 8.27. The van der Waals surface area contributed by atoms with Crippen LogP contribution in [0.15, 0.2) is 24.3 Å². The van der Waals surface area contributed by atoms with Gasteiger partial charge in [0.15, 0.2) is 0 Å². The topological polar surface area (TPSA) is 49.4 Å². The van der Waals surface area contributed by atoms with Gasteiger partial charge in [0.2, 0.25) is 5.91 Å². The quantitative estimate of drug-likeness (QED) is 0.919. The molecule has 0 radical (unpaired) electrons. The number of hydrogen-bond acceptors (Lipinski definition) is 2. The molecule has 0 saturated carbocycles. The van der Waals surface area contributed by atoms with Crippen molar-refractivity contribution in [1.82, 2.24) is 5.32 Å². The molecule has 1 aromatic carbocycles. The average Bonchev–Trinajstić information content (AvgIpc) is 2.81. The second kappa shape index (κ2) is 6.34. The van der Waals surface area contributed by atoms with E-state index in [0.717, 1.165) is 25.1 Å². The van der Waals surface area contributed by atoms with Gasteiger partial charge in [-0.15, -0.1) is 0 Å².